The maximum atomic E-state index is 13.0. The van der Waals surface area contributed by atoms with Crippen molar-refractivity contribution in [3.05, 3.63) is 75.5 Å². The number of hydrogen-bond donors (Lipinski definition) is 1. The largest absolute Gasteiger partial charge is 0.692 e. The van der Waals surface area contributed by atoms with Gasteiger partial charge in [0.15, 0.2) is 0 Å². The van der Waals surface area contributed by atoms with E-state index in [0.717, 1.165) is 57.9 Å². The summed E-state index contributed by atoms with van der Waals surface area (Å²) in [5.41, 5.74) is 6.42. The summed E-state index contributed by atoms with van der Waals surface area (Å²) in [4.78, 5) is 3.50. The number of hydrogen-bond acceptors (Lipinski definition) is 4. The molecule has 1 heterocycles. The lowest BCUT2D eigenvalue weighted by Gasteiger charge is -2.19. The molecule has 8 heteroatoms. The molecule has 0 aliphatic heterocycles. The van der Waals surface area contributed by atoms with Crippen molar-refractivity contribution in [1.29, 1.82) is 10.5 Å². The van der Waals surface area contributed by atoms with E-state index in [1.807, 2.05) is 80.9 Å². The van der Waals surface area contributed by atoms with Gasteiger partial charge >= 0.3 is 7.40 Å². The first-order chi connectivity index (χ1) is 17.2. The van der Waals surface area contributed by atoms with Crippen LogP contribution in [0.5, 0.6) is 0 Å². The predicted octanol–water partition coefficient (Wildman–Crippen LogP) is 7.21. The van der Waals surface area contributed by atoms with Crippen LogP contribution in [0.25, 0.3) is 11.6 Å². The second kappa shape index (κ2) is 13.3. The summed E-state index contributed by atoms with van der Waals surface area (Å²) in [6.45, 7) is 10.3. The first-order valence-electron chi connectivity index (χ1n) is 11.9. The zero-order valence-electron chi connectivity index (χ0n) is 21.8. The Labute approximate surface area is 213 Å². The molecule has 0 fully saturated rings. The number of nitriles is 2. The van der Waals surface area contributed by atoms with E-state index in [-0.39, 0.29) is 5.57 Å². The minimum absolute atomic E-state index is 0.0110. The van der Waals surface area contributed by atoms with Crippen LogP contribution in [0.4, 0.5) is 14.4 Å². The average molecular weight is 487 g/mol. The highest BCUT2D eigenvalue weighted by Crippen LogP contribution is 2.36. The number of halogens is 2. The van der Waals surface area contributed by atoms with Crippen LogP contribution in [-0.4, -0.2) is 24.2 Å². The normalized spacial score (nSPS) is 12.7. The molecule has 186 valence electrons. The first-order valence-corrected chi connectivity index (χ1v) is 11.9. The van der Waals surface area contributed by atoms with Crippen LogP contribution in [0.15, 0.2) is 63.6 Å². The number of aromatic nitrogens is 1. The van der Waals surface area contributed by atoms with Gasteiger partial charge < -0.3 is 9.88 Å². The maximum Gasteiger partial charge on any atom is 0.692 e. The number of nitrogens with one attached hydrogen (secondary N) is 1. The maximum absolute atomic E-state index is 13.0. The standard InChI is InChI=1S/C28H32BF2N5/c1-7-14-34-28-24(15-22(17-32)18-33)16-26(36(28)6)27(23-12-10-9-11-13-23)20(4)19(3)25(8-2)21(5)35-29(30)31/h9-13,15-16,34H,7-8,14H2,1-6H3/b25-19-,27-20+,35-21?. The van der Waals surface area contributed by atoms with Crippen LogP contribution in [0.3, 0.4) is 0 Å². The molecule has 0 aliphatic rings. The third-order valence-corrected chi connectivity index (χ3v) is 6.14. The van der Waals surface area contributed by atoms with E-state index >= 15 is 0 Å². The molecule has 0 bridgehead atoms. The average Bonchev–Trinajstić information content (AvgIpc) is 3.16. The fourth-order valence-electron chi connectivity index (χ4n) is 4.28. The second-order valence-electron chi connectivity index (χ2n) is 8.42. The second-order valence-corrected chi connectivity index (χ2v) is 8.42. The molecule has 0 spiro atoms. The van der Waals surface area contributed by atoms with Crippen molar-refractivity contribution in [2.45, 2.75) is 47.5 Å². The molecule has 2 rings (SSSR count). The smallest absolute Gasteiger partial charge is 0.371 e. The van der Waals surface area contributed by atoms with Crippen molar-refractivity contribution in [3.63, 3.8) is 0 Å². The summed E-state index contributed by atoms with van der Waals surface area (Å²) in [6.07, 6.45) is 3.04. The summed E-state index contributed by atoms with van der Waals surface area (Å²) in [5, 5.41) is 22.1. The minimum atomic E-state index is -2.76. The Bertz CT molecular complexity index is 1270. The summed E-state index contributed by atoms with van der Waals surface area (Å²) in [5.74, 6) is 0.795. The first kappa shape index (κ1) is 28.3. The quantitative estimate of drug-likeness (QED) is 0.167. The number of anilines is 1. The summed E-state index contributed by atoms with van der Waals surface area (Å²) < 4.78 is 28.0. The van der Waals surface area contributed by atoms with Gasteiger partial charge in [0.05, 0.1) is 5.69 Å². The monoisotopic (exact) mass is 487 g/mol. The molecule has 5 nitrogen and oxygen atoms in total. The Hall–Kier alpha value is -3.91. The molecular weight excluding hydrogens is 455 g/mol. The van der Waals surface area contributed by atoms with Crippen LogP contribution >= 0.6 is 0 Å². The van der Waals surface area contributed by atoms with Crippen molar-refractivity contribution < 1.29 is 8.63 Å². The number of benzene rings is 1. The van der Waals surface area contributed by atoms with Gasteiger partial charge in [-0.05, 0) is 68.0 Å². The molecule has 36 heavy (non-hydrogen) atoms. The van der Waals surface area contributed by atoms with Gasteiger partial charge in [-0.2, -0.15) is 10.5 Å². The highest BCUT2D eigenvalue weighted by Gasteiger charge is 2.21. The van der Waals surface area contributed by atoms with Crippen LogP contribution in [0, 0.1) is 22.7 Å². The summed E-state index contributed by atoms with van der Waals surface area (Å²) >= 11 is 0. The third kappa shape index (κ3) is 6.61. The van der Waals surface area contributed by atoms with Gasteiger partial charge in [-0.15, -0.1) is 0 Å². The molecule has 1 aromatic heterocycles. The van der Waals surface area contributed by atoms with E-state index in [2.05, 4.69) is 17.1 Å². The van der Waals surface area contributed by atoms with Gasteiger partial charge in [-0.25, -0.2) is 0 Å². The highest BCUT2D eigenvalue weighted by molar-refractivity contribution is 6.43. The molecule has 1 aromatic carbocycles. The van der Waals surface area contributed by atoms with Gasteiger partial charge in [-0.1, -0.05) is 44.2 Å². The van der Waals surface area contributed by atoms with E-state index in [1.54, 1.807) is 13.0 Å². The lowest BCUT2D eigenvalue weighted by Crippen LogP contribution is -2.09. The van der Waals surface area contributed by atoms with Gasteiger partial charge in [-0.3, -0.25) is 13.5 Å². The fourth-order valence-corrected chi connectivity index (χ4v) is 4.28. The molecule has 0 unspecified atom stereocenters. The lowest BCUT2D eigenvalue weighted by molar-refractivity contribution is 0.662. The lowest BCUT2D eigenvalue weighted by atomic mass is 9.89. The Morgan fingerprint density at radius 2 is 1.72 bits per heavy atom. The zero-order chi connectivity index (χ0) is 26.8. The van der Waals surface area contributed by atoms with Gasteiger partial charge in [0.1, 0.15) is 23.5 Å². The molecule has 2 aromatic rings. The fraction of sp³-hybridized carbons (Fsp3) is 0.321. The molecule has 0 saturated heterocycles. The molecule has 0 saturated carbocycles. The van der Waals surface area contributed by atoms with Crippen molar-refractivity contribution in [3.8, 4) is 12.1 Å². The zero-order valence-corrected chi connectivity index (χ0v) is 21.8. The van der Waals surface area contributed by atoms with Crippen molar-refractivity contribution in [2.75, 3.05) is 11.9 Å². The number of nitrogens with zero attached hydrogens (tertiary/aromatic N) is 4. The SMILES string of the molecule is CCCNc1c(C=C(C#N)C#N)cc(/C(=C(C)/C(C)=C(/CC)C(C)=NB(F)F)c2ccccc2)n1C. The molecule has 0 atom stereocenters. The van der Waals surface area contributed by atoms with Gasteiger partial charge in [0.25, 0.3) is 0 Å². The van der Waals surface area contributed by atoms with Gasteiger partial charge in [0.2, 0.25) is 0 Å². The van der Waals surface area contributed by atoms with E-state index in [9.17, 15) is 19.2 Å². The van der Waals surface area contributed by atoms with E-state index in [0.29, 0.717) is 12.1 Å². The summed E-state index contributed by atoms with van der Waals surface area (Å²) in [7, 11) is -0.830. The molecule has 0 radical (unpaired) electrons. The number of allylic oxidation sites excluding steroid dienone is 4. The number of rotatable bonds is 10. The molecular formula is C28H32BF2N5. The van der Waals surface area contributed by atoms with E-state index in [4.69, 9.17) is 0 Å². The van der Waals surface area contributed by atoms with Crippen LogP contribution in [0.2, 0.25) is 0 Å². The summed E-state index contributed by atoms with van der Waals surface area (Å²) in [6, 6.07) is 15.7. The Kier molecular flexibility index (Phi) is 10.4. The van der Waals surface area contributed by atoms with Crippen LogP contribution in [-0.2, 0) is 7.05 Å². The molecule has 0 aliphatic carbocycles. The molecule has 1 N–H and O–H groups in total. The topological polar surface area (TPSA) is 76.9 Å². The Morgan fingerprint density at radius 1 is 1.08 bits per heavy atom. The van der Waals surface area contributed by atoms with E-state index in [1.165, 1.54) is 0 Å². The predicted molar refractivity (Wildman–Crippen MR) is 146 cm³/mol. The third-order valence-electron chi connectivity index (χ3n) is 6.14. The van der Waals surface area contributed by atoms with Crippen LogP contribution in [0.1, 0.15) is 64.3 Å². The molecule has 0 amide bonds. The Morgan fingerprint density at radius 3 is 2.25 bits per heavy atom. The van der Waals surface area contributed by atoms with Crippen molar-refractivity contribution >= 4 is 30.6 Å². The van der Waals surface area contributed by atoms with Crippen LogP contribution < -0.4 is 5.32 Å². The Balaban J connectivity index is 2.94. The minimum Gasteiger partial charge on any atom is -0.371 e. The van der Waals surface area contributed by atoms with Crippen molar-refractivity contribution in [2.24, 2.45) is 12.0 Å². The van der Waals surface area contributed by atoms with Crippen molar-refractivity contribution in [1.82, 2.24) is 4.57 Å². The van der Waals surface area contributed by atoms with Gasteiger partial charge in [0, 0.05) is 30.4 Å². The van der Waals surface area contributed by atoms with E-state index < -0.39 is 7.40 Å². The highest BCUT2D eigenvalue weighted by atomic mass is 19.2.